The van der Waals surface area contributed by atoms with Crippen molar-refractivity contribution >= 4 is 17.8 Å². The largest absolute Gasteiger partial charge is 0.475 e. The van der Waals surface area contributed by atoms with Gasteiger partial charge in [-0.1, -0.05) is 30.3 Å². The predicted molar refractivity (Wildman–Crippen MR) is 98.6 cm³/mol. The Balaban J connectivity index is 2.18. The Morgan fingerprint density at radius 2 is 1.93 bits per heavy atom. The molecule has 0 aromatic heterocycles. The topological polar surface area (TPSA) is 122 Å². The predicted octanol–water partition coefficient (Wildman–Crippen LogP) is 0.277. The smallest absolute Gasteiger partial charge is 0.370 e. The van der Waals surface area contributed by atoms with Crippen LogP contribution in [0.1, 0.15) is 19.4 Å². The molecule has 4 N–H and O–H groups in total. The van der Waals surface area contributed by atoms with Gasteiger partial charge in [-0.2, -0.15) is 0 Å². The average molecular weight is 375 g/mol. The van der Waals surface area contributed by atoms with Gasteiger partial charge in [-0.25, -0.2) is 4.79 Å². The average Bonchev–Trinajstić information content (AvgIpc) is 2.63. The molecule has 1 aliphatic rings. The van der Waals surface area contributed by atoms with Gasteiger partial charge in [0.15, 0.2) is 6.10 Å². The van der Waals surface area contributed by atoms with E-state index < -0.39 is 30.1 Å². The first kappa shape index (κ1) is 20.4. The molecule has 0 aliphatic carbocycles. The van der Waals surface area contributed by atoms with Crippen LogP contribution in [0.2, 0.25) is 0 Å². The van der Waals surface area contributed by atoms with Crippen LogP contribution >= 0.6 is 0 Å². The summed E-state index contributed by atoms with van der Waals surface area (Å²) in [6.45, 7) is 3.98. The number of rotatable bonds is 7. The number of nitrogens with one attached hydrogen (secondary N) is 1. The molecule has 1 heterocycles. The lowest BCUT2D eigenvalue weighted by atomic mass is 9.97. The maximum Gasteiger partial charge on any atom is 0.370 e. The summed E-state index contributed by atoms with van der Waals surface area (Å²) in [4.78, 5) is 37.4. The lowest BCUT2D eigenvalue weighted by molar-refractivity contribution is -0.149. The first-order valence-electron chi connectivity index (χ1n) is 8.80. The van der Waals surface area contributed by atoms with Crippen molar-refractivity contribution < 1.29 is 24.2 Å². The molecule has 0 fully saturated rings. The van der Waals surface area contributed by atoms with Crippen molar-refractivity contribution in [3.8, 4) is 0 Å². The van der Waals surface area contributed by atoms with Crippen molar-refractivity contribution in [2.45, 2.75) is 38.5 Å². The van der Waals surface area contributed by atoms with E-state index in [4.69, 9.17) is 10.5 Å². The third kappa shape index (κ3) is 5.30. The molecule has 1 aliphatic heterocycles. The summed E-state index contributed by atoms with van der Waals surface area (Å²) in [7, 11) is 0. The molecular weight excluding hydrogens is 350 g/mol. The fraction of sp³-hybridized carbons (Fsp3) is 0.421. The molecule has 2 rings (SSSR count). The summed E-state index contributed by atoms with van der Waals surface area (Å²) in [6, 6.07) is 8.01. The van der Waals surface area contributed by atoms with Gasteiger partial charge in [0.05, 0.1) is 12.1 Å². The number of carbonyl (C=O) groups excluding carboxylic acids is 2. The van der Waals surface area contributed by atoms with Crippen molar-refractivity contribution in [2.75, 3.05) is 13.1 Å². The minimum absolute atomic E-state index is 0.378. The van der Waals surface area contributed by atoms with Gasteiger partial charge in [0, 0.05) is 20.0 Å². The lowest BCUT2D eigenvalue weighted by Gasteiger charge is -2.36. The van der Waals surface area contributed by atoms with Crippen molar-refractivity contribution in [1.29, 1.82) is 0 Å². The van der Waals surface area contributed by atoms with Crippen LogP contribution in [0.5, 0.6) is 0 Å². The number of carboxylic acid groups (broad SMARTS) is 1. The van der Waals surface area contributed by atoms with Crippen LogP contribution in [-0.4, -0.2) is 59.1 Å². The molecular formula is C19H25N3O5. The minimum atomic E-state index is -1.31. The van der Waals surface area contributed by atoms with Crippen LogP contribution in [0.25, 0.3) is 0 Å². The highest BCUT2D eigenvalue weighted by molar-refractivity contribution is 5.88. The normalized spacial score (nSPS) is 21.6. The van der Waals surface area contributed by atoms with Crippen LogP contribution in [0.3, 0.4) is 0 Å². The van der Waals surface area contributed by atoms with E-state index in [2.05, 4.69) is 5.32 Å². The molecule has 0 radical (unpaired) electrons. The number of hydrogen-bond acceptors (Lipinski definition) is 5. The summed E-state index contributed by atoms with van der Waals surface area (Å²) in [5.41, 5.74) is 7.06. The van der Waals surface area contributed by atoms with Crippen molar-refractivity contribution in [1.82, 2.24) is 10.2 Å². The van der Waals surface area contributed by atoms with Gasteiger partial charge in [-0.05, 0) is 25.0 Å². The van der Waals surface area contributed by atoms with Crippen molar-refractivity contribution in [3.63, 3.8) is 0 Å². The van der Waals surface area contributed by atoms with E-state index in [0.717, 1.165) is 5.56 Å². The van der Waals surface area contributed by atoms with E-state index in [1.807, 2.05) is 37.3 Å². The van der Waals surface area contributed by atoms with Gasteiger partial charge in [0.1, 0.15) is 0 Å². The Labute approximate surface area is 158 Å². The first-order valence-corrected chi connectivity index (χ1v) is 8.80. The fourth-order valence-corrected chi connectivity index (χ4v) is 2.97. The Kier molecular flexibility index (Phi) is 6.95. The van der Waals surface area contributed by atoms with Gasteiger partial charge >= 0.3 is 5.97 Å². The molecule has 0 saturated carbocycles. The maximum absolute atomic E-state index is 13.0. The maximum atomic E-state index is 13.0. The third-order valence-electron chi connectivity index (χ3n) is 4.37. The molecule has 3 atom stereocenters. The number of nitrogens with zero attached hydrogens (tertiary/aromatic N) is 1. The van der Waals surface area contributed by atoms with Crippen LogP contribution in [0.4, 0.5) is 0 Å². The number of benzene rings is 1. The zero-order valence-electron chi connectivity index (χ0n) is 15.4. The molecule has 8 nitrogen and oxygen atoms in total. The molecule has 1 aromatic carbocycles. The summed E-state index contributed by atoms with van der Waals surface area (Å²) < 4.78 is 5.40. The SMILES string of the molecule is CCN(CCc1ccccc1)C(=O)[C@H]1OC(C(=O)O)=C[C@@H](N)[C@@H]1NC(C)=O. The fourth-order valence-electron chi connectivity index (χ4n) is 2.97. The van der Waals surface area contributed by atoms with Crippen molar-refractivity contribution in [3.05, 3.63) is 47.7 Å². The number of likely N-dealkylation sites (N-methyl/N-ethyl adjacent to an activating group) is 1. The number of aliphatic carboxylic acids is 1. The lowest BCUT2D eigenvalue weighted by Crippen LogP contribution is -2.61. The number of hydrogen-bond donors (Lipinski definition) is 3. The van der Waals surface area contributed by atoms with E-state index in [9.17, 15) is 19.5 Å². The van der Waals surface area contributed by atoms with E-state index in [0.29, 0.717) is 19.5 Å². The summed E-state index contributed by atoms with van der Waals surface area (Å²) in [5.74, 6) is -2.48. The van der Waals surface area contributed by atoms with Gasteiger partial charge in [0.2, 0.25) is 11.7 Å². The molecule has 0 spiro atoms. The molecule has 27 heavy (non-hydrogen) atoms. The molecule has 0 saturated heterocycles. The quantitative estimate of drug-likeness (QED) is 0.629. The zero-order chi connectivity index (χ0) is 20.0. The highest BCUT2D eigenvalue weighted by Crippen LogP contribution is 2.20. The van der Waals surface area contributed by atoms with Gasteiger partial charge in [-0.15, -0.1) is 0 Å². The molecule has 0 unspecified atom stereocenters. The van der Waals surface area contributed by atoms with Gasteiger partial charge in [0.25, 0.3) is 5.91 Å². The summed E-state index contributed by atoms with van der Waals surface area (Å²) in [6.07, 6.45) is 0.647. The molecule has 1 aromatic rings. The third-order valence-corrected chi connectivity index (χ3v) is 4.37. The number of nitrogens with two attached hydrogens (primary N) is 1. The second kappa shape index (κ2) is 9.18. The van der Waals surface area contributed by atoms with Crippen LogP contribution in [0.15, 0.2) is 42.2 Å². The second-order valence-electron chi connectivity index (χ2n) is 6.33. The Bertz CT molecular complexity index is 719. The highest BCUT2D eigenvalue weighted by atomic mass is 16.5. The standard InChI is InChI=1S/C19H25N3O5/c1-3-22(10-9-13-7-5-4-6-8-13)18(24)17-16(21-12(2)23)14(20)11-15(27-17)19(25)26/h4-8,11,14,16-17H,3,9-10,20H2,1-2H3,(H,21,23)(H,25,26)/t14-,16+,17+/m1/s1. The van der Waals surface area contributed by atoms with E-state index in [1.54, 1.807) is 4.90 Å². The number of amides is 2. The molecule has 8 heteroatoms. The number of ether oxygens (including phenoxy) is 1. The van der Waals surface area contributed by atoms with Gasteiger partial charge < -0.3 is 25.8 Å². The molecule has 2 amide bonds. The number of carbonyl (C=O) groups is 3. The second-order valence-corrected chi connectivity index (χ2v) is 6.33. The Hall–Kier alpha value is -2.87. The molecule has 146 valence electrons. The Morgan fingerprint density at radius 3 is 2.48 bits per heavy atom. The van der Waals surface area contributed by atoms with E-state index in [1.165, 1.54) is 13.0 Å². The minimum Gasteiger partial charge on any atom is -0.475 e. The summed E-state index contributed by atoms with van der Waals surface area (Å²) in [5, 5.41) is 11.8. The highest BCUT2D eigenvalue weighted by Gasteiger charge is 2.41. The van der Waals surface area contributed by atoms with Crippen LogP contribution in [-0.2, 0) is 25.5 Å². The van der Waals surface area contributed by atoms with E-state index in [-0.39, 0.29) is 11.7 Å². The summed E-state index contributed by atoms with van der Waals surface area (Å²) >= 11 is 0. The van der Waals surface area contributed by atoms with E-state index >= 15 is 0 Å². The zero-order valence-corrected chi connectivity index (χ0v) is 15.4. The molecule has 0 bridgehead atoms. The van der Waals surface area contributed by atoms with Gasteiger partial charge in [-0.3, -0.25) is 9.59 Å². The Morgan fingerprint density at radius 1 is 1.26 bits per heavy atom. The van der Waals surface area contributed by atoms with Crippen molar-refractivity contribution in [2.24, 2.45) is 5.73 Å². The monoisotopic (exact) mass is 375 g/mol. The first-order chi connectivity index (χ1) is 12.8. The van der Waals surface area contributed by atoms with Crippen LogP contribution in [0, 0.1) is 0 Å². The van der Waals surface area contributed by atoms with Crippen LogP contribution < -0.4 is 11.1 Å². The number of carboxylic acids is 1.